The average molecular weight is 332 g/mol. The summed E-state index contributed by atoms with van der Waals surface area (Å²) in [4.78, 5) is 4.59. The van der Waals surface area contributed by atoms with Crippen LogP contribution in [0.4, 0.5) is 4.39 Å². The Labute approximate surface area is 142 Å². The van der Waals surface area contributed by atoms with Crippen LogP contribution >= 0.6 is 0 Å². The lowest BCUT2D eigenvalue weighted by Crippen LogP contribution is -1.96. The van der Waals surface area contributed by atoms with Crippen LogP contribution in [0.5, 0.6) is 0 Å². The normalized spacial score (nSPS) is 11.0. The second-order valence-electron chi connectivity index (χ2n) is 5.80. The summed E-state index contributed by atoms with van der Waals surface area (Å²) < 4.78 is 16.1. The molecule has 4 rings (SSSR count). The Kier molecular flexibility index (Phi) is 3.32. The smallest absolute Gasteiger partial charge is 0.132 e. The van der Waals surface area contributed by atoms with Crippen LogP contribution in [0, 0.1) is 24.1 Å². The molecular formula is C18H13FN6. The Morgan fingerprint density at radius 2 is 2.12 bits per heavy atom. The van der Waals surface area contributed by atoms with Crippen LogP contribution in [0.15, 0.2) is 36.7 Å². The zero-order valence-electron chi connectivity index (χ0n) is 13.6. The van der Waals surface area contributed by atoms with Gasteiger partial charge in [-0.15, -0.1) is 0 Å². The third-order valence-corrected chi connectivity index (χ3v) is 4.09. The Morgan fingerprint density at radius 1 is 1.28 bits per heavy atom. The lowest BCUT2D eigenvalue weighted by molar-refractivity contribution is 0.629. The minimum absolute atomic E-state index is 0.294. The summed E-state index contributed by atoms with van der Waals surface area (Å²) in [5, 5.41) is 20.8. The second kappa shape index (κ2) is 5.53. The van der Waals surface area contributed by atoms with Crippen molar-refractivity contribution in [3.8, 4) is 28.6 Å². The number of nitrogens with one attached hydrogen (secondary N) is 1. The highest BCUT2D eigenvalue weighted by molar-refractivity contribution is 5.92. The zero-order valence-corrected chi connectivity index (χ0v) is 13.6. The molecule has 0 radical (unpaired) electrons. The first-order valence-electron chi connectivity index (χ1n) is 7.62. The van der Waals surface area contributed by atoms with Gasteiger partial charge in [-0.3, -0.25) is 9.78 Å². The number of pyridine rings is 1. The van der Waals surface area contributed by atoms with Gasteiger partial charge in [-0.1, -0.05) is 12.1 Å². The van der Waals surface area contributed by atoms with E-state index in [9.17, 15) is 9.65 Å². The van der Waals surface area contributed by atoms with E-state index in [-0.39, 0.29) is 0 Å². The highest BCUT2D eigenvalue weighted by atomic mass is 19.1. The van der Waals surface area contributed by atoms with E-state index >= 15 is 0 Å². The number of rotatable bonds is 2. The van der Waals surface area contributed by atoms with Gasteiger partial charge in [-0.2, -0.15) is 15.5 Å². The summed E-state index contributed by atoms with van der Waals surface area (Å²) in [5.74, 6) is -0.408. The van der Waals surface area contributed by atoms with E-state index in [1.807, 2.05) is 13.2 Å². The van der Waals surface area contributed by atoms with Crippen LogP contribution in [0.2, 0.25) is 0 Å². The van der Waals surface area contributed by atoms with Crippen LogP contribution in [0.1, 0.15) is 11.1 Å². The van der Waals surface area contributed by atoms with Crippen molar-refractivity contribution in [2.45, 2.75) is 6.92 Å². The Hall–Kier alpha value is -3.53. The molecule has 0 saturated carbocycles. The minimum Gasteiger partial charge on any atom is -0.276 e. The maximum absolute atomic E-state index is 14.4. The van der Waals surface area contributed by atoms with Gasteiger partial charge in [0.1, 0.15) is 23.1 Å². The maximum atomic E-state index is 14.4. The summed E-state index contributed by atoms with van der Waals surface area (Å²) in [6.07, 6.45) is 3.51. The quantitative estimate of drug-likeness (QED) is 0.610. The molecular weight excluding hydrogens is 319 g/mol. The number of H-pyrrole nitrogens is 1. The maximum Gasteiger partial charge on any atom is 0.132 e. The molecule has 0 atom stereocenters. The van der Waals surface area contributed by atoms with E-state index < -0.39 is 5.82 Å². The first-order chi connectivity index (χ1) is 12.1. The van der Waals surface area contributed by atoms with Gasteiger partial charge in [-0.05, 0) is 24.6 Å². The third-order valence-electron chi connectivity index (χ3n) is 4.09. The first kappa shape index (κ1) is 15.0. The molecule has 25 heavy (non-hydrogen) atoms. The molecule has 0 aliphatic carbocycles. The van der Waals surface area contributed by atoms with Crippen LogP contribution in [0.25, 0.3) is 33.5 Å². The molecule has 4 aromatic rings. The number of hydrogen-bond donors (Lipinski definition) is 1. The van der Waals surface area contributed by atoms with Gasteiger partial charge in [0.15, 0.2) is 0 Å². The molecule has 0 spiro atoms. The van der Waals surface area contributed by atoms with Crippen LogP contribution < -0.4 is 0 Å². The van der Waals surface area contributed by atoms with Gasteiger partial charge in [0.05, 0.1) is 23.0 Å². The fraction of sp³-hybridized carbons (Fsp3) is 0.111. The summed E-state index contributed by atoms with van der Waals surface area (Å²) in [6, 6.07) is 8.55. The molecule has 0 unspecified atom stereocenters. The van der Waals surface area contributed by atoms with Crippen molar-refractivity contribution in [3.63, 3.8) is 0 Å². The van der Waals surface area contributed by atoms with Gasteiger partial charge in [0.2, 0.25) is 0 Å². The molecule has 0 aliphatic heterocycles. The number of benzene rings is 1. The number of nitrogens with zero attached hydrogens (tertiary/aromatic N) is 5. The standard InChI is InChI=1S/C18H13FN6/c1-10-4-3-5-13(19)15(10)16-11(7-20)6-14-18(22-16)17(24-23-14)12-8-21-25(2)9-12/h3-6,8-9H,1-2H3,(H,23,24). The van der Waals surface area contributed by atoms with Gasteiger partial charge in [0.25, 0.3) is 0 Å². The minimum atomic E-state index is -0.408. The van der Waals surface area contributed by atoms with Crippen LogP contribution in [-0.2, 0) is 7.05 Å². The SMILES string of the molecule is Cc1cccc(F)c1-c1nc2c(-c3cnn(C)c3)n[nH]c2cc1C#N. The molecule has 1 aromatic carbocycles. The number of nitriles is 1. The summed E-state index contributed by atoms with van der Waals surface area (Å²) in [7, 11) is 1.81. The number of aryl methyl sites for hydroxylation is 2. The third kappa shape index (κ3) is 2.35. The van der Waals surface area contributed by atoms with E-state index in [1.165, 1.54) is 6.07 Å². The summed E-state index contributed by atoms with van der Waals surface area (Å²) in [5.41, 5.74) is 4.26. The zero-order chi connectivity index (χ0) is 17.6. The number of aromatic amines is 1. The molecule has 7 heteroatoms. The molecule has 1 N–H and O–H groups in total. The Morgan fingerprint density at radius 3 is 2.80 bits per heavy atom. The molecule has 3 aromatic heterocycles. The predicted molar refractivity (Wildman–Crippen MR) is 90.9 cm³/mol. The topological polar surface area (TPSA) is 83.2 Å². The number of halogens is 1. The van der Waals surface area contributed by atoms with E-state index in [0.29, 0.717) is 33.5 Å². The molecule has 122 valence electrons. The van der Waals surface area contributed by atoms with Gasteiger partial charge in [-0.25, -0.2) is 9.37 Å². The van der Waals surface area contributed by atoms with Crippen molar-refractivity contribution in [1.82, 2.24) is 25.0 Å². The van der Waals surface area contributed by atoms with Crippen molar-refractivity contribution >= 4 is 11.0 Å². The highest BCUT2D eigenvalue weighted by Crippen LogP contribution is 2.32. The lowest BCUT2D eigenvalue weighted by Gasteiger charge is -2.08. The van der Waals surface area contributed by atoms with Crippen LogP contribution in [0.3, 0.4) is 0 Å². The lowest BCUT2D eigenvalue weighted by atomic mass is 10.00. The number of fused-ring (bicyclic) bond motifs is 1. The molecule has 0 fully saturated rings. The fourth-order valence-electron chi connectivity index (χ4n) is 2.90. The molecule has 0 amide bonds. The number of hydrogen-bond acceptors (Lipinski definition) is 4. The van der Waals surface area contributed by atoms with Gasteiger partial charge >= 0.3 is 0 Å². The van der Waals surface area contributed by atoms with Crippen molar-refractivity contribution in [2.24, 2.45) is 7.05 Å². The number of aromatic nitrogens is 5. The molecule has 0 saturated heterocycles. The Bertz CT molecular complexity index is 1130. The van der Waals surface area contributed by atoms with Gasteiger partial charge < -0.3 is 0 Å². The molecule has 6 nitrogen and oxygen atoms in total. The molecule has 0 bridgehead atoms. The predicted octanol–water partition coefficient (Wildman–Crippen LogP) is 3.34. The Balaban J connectivity index is 2.03. The van der Waals surface area contributed by atoms with Crippen LogP contribution in [-0.4, -0.2) is 25.0 Å². The van der Waals surface area contributed by atoms with Gasteiger partial charge in [0, 0.05) is 24.4 Å². The van der Waals surface area contributed by atoms with Crippen molar-refractivity contribution < 1.29 is 4.39 Å². The van der Waals surface area contributed by atoms with Crippen molar-refractivity contribution in [1.29, 1.82) is 5.26 Å². The summed E-state index contributed by atoms with van der Waals surface area (Å²) in [6.45, 7) is 1.79. The highest BCUT2D eigenvalue weighted by Gasteiger charge is 2.19. The summed E-state index contributed by atoms with van der Waals surface area (Å²) >= 11 is 0. The second-order valence-corrected chi connectivity index (χ2v) is 5.80. The van der Waals surface area contributed by atoms with E-state index in [0.717, 1.165) is 11.1 Å². The molecule has 0 aliphatic rings. The van der Waals surface area contributed by atoms with Crippen molar-refractivity contribution in [2.75, 3.05) is 0 Å². The van der Waals surface area contributed by atoms with E-state index in [4.69, 9.17) is 0 Å². The average Bonchev–Trinajstić information content (AvgIpc) is 3.19. The fourth-order valence-corrected chi connectivity index (χ4v) is 2.90. The first-order valence-corrected chi connectivity index (χ1v) is 7.62. The largest absolute Gasteiger partial charge is 0.276 e. The van der Waals surface area contributed by atoms with E-state index in [2.05, 4.69) is 26.3 Å². The monoisotopic (exact) mass is 332 g/mol. The van der Waals surface area contributed by atoms with E-state index in [1.54, 1.807) is 36.0 Å². The molecule has 3 heterocycles. The van der Waals surface area contributed by atoms with Crippen molar-refractivity contribution in [3.05, 3.63) is 53.6 Å².